The van der Waals surface area contributed by atoms with Gasteiger partial charge in [0.05, 0.1) is 11.6 Å². The molecule has 0 saturated heterocycles. The minimum atomic E-state index is -4.41. The summed E-state index contributed by atoms with van der Waals surface area (Å²) >= 11 is 5.82. The number of amides is 2. The molecule has 2 rings (SSSR count). The van der Waals surface area contributed by atoms with Gasteiger partial charge in [0, 0.05) is 18.6 Å². The molecule has 3 nitrogen and oxygen atoms in total. The Kier molecular flexibility index (Phi) is 5.95. The van der Waals surface area contributed by atoms with Gasteiger partial charge in [0.2, 0.25) is 0 Å². The molecule has 2 amide bonds. The Morgan fingerprint density at radius 1 is 1.20 bits per heavy atom. The molecule has 1 atom stereocenters. The van der Waals surface area contributed by atoms with E-state index in [2.05, 4.69) is 5.32 Å². The van der Waals surface area contributed by atoms with Crippen LogP contribution in [0.25, 0.3) is 0 Å². The van der Waals surface area contributed by atoms with Gasteiger partial charge in [0.15, 0.2) is 0 Å². The number of hydrogen-bond donors (Lipinski definition) is 1. The molecule has 0 aromatic heterocycles. The standard InChI is InChI=1S/C18H18ClF3N2O/c1-12(14-4-3-5-15(10-14)18(20,21)22)23-17(25)24(2)11-13-6-8-16(19)9-7-13/h3-10,12H,11H2,1-2H3,(H,23,25). The van der Waals surface area contributed by atoms with E-state index in [-0.39, 0.29) is 6.03 Å². The third-order valence-electron chi connectivity index (χ3n) is 3.73. The van der Waals surface area contributed by atoms with Gasteiger partial charge in [-0.25, -0.2) is 4.79 Å². The second kappa shape index (κ2) is 7.78. The summed E-state index contributed by atoms with van der Waals surface area (Å²) in [7, 11) is 1.61. The lowest BCUT2D eigenvalue weighted by Crippen LogP contribution is -2.38. The van der Waals surface area contributed by atoms with Gasteiger partial charge >= 0.3 is 12.2 Å². The van der Waals surface area contributed by atoms with E-state index in [1.54, 1.807) is 32.2 Å². The number of benzene rings is 2. The first kappa shape index (κ1) is 19.1. The molecule has 1 N–H and O–H groups in total. The van der Waals surface area contributed by atoms with Crippen molar-refractivity contribution in [3.8, 4) is 0 Å². The summed E-state index contributed by atoms with van der Waals surface area (Å²) in [6.45, 7) is 2.00. The Morgan fingerprint density at radius 3 is 2.44 bits per heavy atom. The van der Waals surface area contributed by atoms with E-state index >= 15 is 0 Å². The molecule has 7 heteroatoms. The Morgan fingerprint density at radius 2 is 1.84 bits per heavy atom. The third-order valence-corrected chi connectivity index (χ3v) is 3.99. The number of urea groups is 1. The molecule has 0 radical (unpaired) electrons. The number of rotatable bonds is 4. The van der Waals surface area contributed by atoms with Gasteiger partial charge in [-0.05, 0) is 42.3 Å². The van der Waals surface area contributed by atoms with Crippen molar-refractivity contribution in [1.82, 2.24) is 10.2 Å². The zero-order valence-electron chi connectivity index (χ0n) is 13.8. The van der Waals surface area contributed by atoms with Crippen molar-refractivity contribution in [3.63, 3.8) is 0 Å². The predicted molar refractivity (Wildman–Crippen MR) is 91.3 cm³/mol. The normalized spacial score (nSPS) is 12.6. The highest BCUT2D eigenvalue weighted by Crippen LogP contribution is 2.30. The summed E-state index contributed by atoms with van der Waals surface area (Å²) in [5.74, 6) is 0. The fourth-order valence-corrected chi connectivity index (χ4v) is 2.42. The zero-order valence-corrected chi connectivity index (χ0v) is 14.5. The number of carbonyl (C=O) groups is 1. The number of alkyl halides is 3. The molecule has 134 valence electrons. The van der Waals surface area contributed by atoms with E-state index in [0.717, 1.165) is 17.7 Å². The molecule has 0 aliphatic rings. The number of nitrogens with zero attached hydrogens (tertiary/aromatic N) is 1. The van der Waals surface area contributed by atoms with Crippen LogP contribution in [-0.4, -0.2) is 18.0 Å². The third kappa shape index (κ3) is 5.39. The lowest BCUT2D eigenvalue weighted by atomic mass is 10.1. The highest BCUT2D eigenvalue weighted by Gasteiger charge is 2.30. The van der Waals surface area contributed by atoms with Crippen molar-refractivity contribution >= 4 is 17.6 Å². The molecule has 0 aliphatic heterocycles. The lowest BCUT2D eigenvalue weighted by molar-refractivity contribution is -0.137. The van der Waals surface area contributed by atoms with Crippen molar-refractivity contribution in [2.75, 3.05) is 7.05 Å². The minimum absolute atomic E-state index is 0.359. The van der Waals surface area contributed by atoms with Gasteiger partial charge in [0.1, 0.15) is 0 Å². The van der Waals surface area contributed by atoms with E-state index < -0.39 is 17.8 Å². The van der Waals surface area contributed by atoms with Gasteiger partial charge in [0.25, 0.3) is 0 Å². The Bertz CT molecular complexity index is 732. The van der Waals surface area contributed by atoms with Crippen LogP contribution in [-0.2, 0) is 12.7 Å². The monoisotopic (exact) mass is 370 g/mol. The predicted octanol–water partition coefficient (Wildman–Crippen LogP) is 5.26. The first-order chi connectivity index (χ1) is 11.7. The van der Waals surface area contributed by atoms with Crippen LogP contribution in [0.5, 0.6) is 0 Å². The van der Waals surface area contributed by atoms with Gasteiger partial charge in [-0.3, -0.25) is 0 Å². The fourth-order valence-electron chi connectivity index (χ4n) is 2.30. The van der Waals surface area contributed by atoms with Crippen molar-refractivity contribution in [3.05, 3.63) is 70.2 Å². The van der Waals surface area contributed by atoms with Gasteiger partial charge in [-0.2, -0.15) is 13.2 Å². The maximum Gasteiger partial charge on any atom is 0.416 e. The van der Waals surface area contributed by atoms with Crippen LogP contribution < -0.4 is 5.32 Å². The fraction of sp³-hybridized carbons (Fsp3) is 0.278. The van der Waals surface area contributed by atoms with E-state index in [1.165, 1.54) is 11.0 Å². The van der Waals surface area contributed by atoms with Crippen molar-refractivity contribution < 1.29 is 18.0 Å². The molecule has 25 heavy (non-hydrogen) atoms. The molecule has 0 heterocycles. The Hall–Kier alpha value is -2.21. The molecular formula is C18H18ClF3N2O. The summed E-state index contributed by atoms with van der Waals surface area (Å²) in [4.78, 5) is 13.7. The van der Waals surface area contributed by atoms with Crippen molar-refractivity contribution in [1.29, 1.82) is 0 Å². The highest BCUT2D eigenvalue weighted by atomic mass is 35.5. The van der Waals surface area contributed by atoms with Crippen molar-refractivity contribution in [2.24, 2.45) is 0 Å². The van der Waals surface area contributed by atoms with Gasteiger partial charge in [-0.15, -0.1) is 0 Å². The Labute approximate surface area is 149 Å². The minimum Gasteiger partial charge on any atom is -0.331 e. The molecule has 0 aliphatic carbocycles. The Balaban J connectivity index is 2.00. The molecule has 0 spiro atoms. The van der Waals surface area contributed by atoms with Gasteiger partial charge < -0.3 is 10.2 Å². The topological polar surface area (TPSA) is 32.3 Å². The van der Waals surface area contributed by atoms with Crippen LogP contribution in [0.2, 0.25) is 5.02 Å². The van der Waals surface area contributed by atoms with E-state index in [0.29, 0.717) is 17.1 Å². The molecule has 0 bridgehead atoms. The SMILES string of the molecule is CC(NC(=O)N(C)Cc1ccc(Cl)cc1)c1cccc(C(F)(F)F)c1. The van der Waals surface area contributed by atoms with Gasteiger partial charge in [-0.1, -0.05) is 35.9 Å². The molecule has 0 saturated carbocycles. The molecule has 2 aromatic rings. The average molecular weight is 371 g/mol. The molecule has 0 fully saturated rings. The molecule has 1 unspecified atom stereocenters. The van der Waals surface area contributed by atoms with Crippen LogP contribution in [0.3, 0.4) is 0 Å². The maximum atomic E-state index is 12.8. The quantitative estimate of drug-likeness (QED) is 0.782. The number of hydrogen-bond acceptors (Lipinski definition) is 1. The summed E-state index contributed by atoms with van der Waals surface area (Å²) in [6, 6.07) is 11.1. The largest absolute Gasteiger partial charge is 0.416 e. The first-order valence-corrected chi connectivity index (χ1v) is 7.98. The van der Waals surface area contributed by atoms with Crippen molar-refractivity contribution in [2.45, 2.75) is 25.7 Å². The number of carbonyl (C=O) groups excluding carboxylic acids is 1. The maximum absolute atomic E-state index is 12.8. The average Bonchev–Trinajstić information content (AvgIpc) is 2.56. The summed E-state index contributed by atoms with van der Waals surface area (Å²) in [5, 5.41) is 3.31. The van der Waals surface area contributed by atoms with E-state index in [1.807, 2.05) is 12.1 Å². The van der Waals surface area contributed by atoms with Crippen LogP contribution in [0.15, 0.2) is 48.5 Å². The summed E-state index contributed by atoms with van der Waals surface area (Å²) in [6.07, 6.45) is -4.41. The summed E-state index contributed by atoms with van der Waals surface area (Å²) < 4.78 is 38.4. The molecule has 2 aromatic carbocycles. The number of halogens is 4. The second-order valence-electron chi connectivity index (χ2n) is 5.78. The van der Waals surface area contributed by atoms with E-state index in [9.17, 15) is 18.0 Å². The zero-order chi connectivity index (χ0) is 18.6. The van der Waals surface area contributed by atoms with Crippen LogP contribution >= 0.6 is 11.6 Å². The second-order valence-corrected chi connectivity index (χ2v) is 6.21. The van der Waals surface area contributed by atoms with E-state index in [4.69, 9.17) is 11.6 Å². The smallest absolute Gasteiger partial charge is 0.331 e. The first-order valence-electron chi connectivity index (χ1n) is 7.60. The van der Waals surface area contributed by atoms with Crippen LogP contribution in [0.1, 0.15) is 29.7 Å². The number of nitrogens with one attached hydrogen (secondary N) is 1. The van der Waals surface area contributed by atoms with Crippen LogP contribution in [0, 0.1) is 0 Å². The highest BCUT2D eigenvalue weighted by molar-refractivity contribution is 6.30. The summed E-state index contributed by atoms with van der Waals surface area (Å²) in [5.41, 5.74) is 0.553. The lowest BCUT2D eigenvalue weighted by Gasteiger charge is -2.22. The molecular weight excluding hydrogens is 353 g/mol. The van der Waals surface area contributed by atoms with Crippen LogP contribution in [0.4, 0.5) is 18.0 Å².